The number of amides is 3. The van der Waals surface area contributed by atoms with Crippen molar-refractivity contribution in [3.63, 3.8) is 0 Å². The molecule has 11 heteroatoms. The van der Waals surface area contributed by atoms with Gasteiger partial charge in [0, 0.05) is 20.1 Å². The number of likely N-dealkylation sites (N-methyl/N-ethyl adjacent to an activating group) is 1. The molecule has 0 saturated carbocycles. The Bertz CT molecular complexity index is 1330. The number of likely N-dealkylation sites (tertiary alicyclic amines) is 1. The molecule has 2 bridgehead atoms. The minimum atomic E-state index is -1.19. The first-order chi connectivity index (χ1) is 18.6. The number of aliphatic hydroxyl groups excluding tert-OH is 1. The first-order valence-electron chi connectivity index (χ1n) is 13.3. The van der Waals surface area contributed by atoms with Crippen LogP contribution in [-0.4, -0.2) is 103 Å². The highest BCUT2D eigenvalue weighted by molar-refractivity contribution is 5.99. The lowest BCUT2D eigenvalue weighted by Crippen LogP contribution is -2.58. The molecule has 11 nitrogen and oxygen atoms in total. The zero-order valence-electron chi connectivity index (χ0n) is 22.7. The van der Waals surface area contributed by atoms with Gasteiger partial charge in [0.2, 0.25) is 17.7 Å². The first-order valence-corrected chi connectivity index (χ1v) is 13.3. The summed E-state index contributed by atoms with van der Waals surface area (Å²) in [4.78, 5) is 46.8. The van der Waals surface area contributed by atoms with Crippen LogP contribution < -0.4 is 0 Å². The molecule has 3 saturated heterocycles. The number of hydrogen-bond donors (Lipinski definition) is 1. The van der Waals surface area contributed by atoms with Crippen LogP contribution in [0.2, 0.25) is 0 Å². The maximum absolute atomic E-state index is 14.5. The lowest BCUT2D eigenvalue weighted by Gasteiger charge is -2.38. The Hall–Kier alpha value is -3.57. The molecule has 39 heavy (non-hydrogen) atoms. The predicted molar refractivity (Wildman–Crippen MR) is 143 cm³/mol. The van der Waals surface area contributed by atoms with Crippen LogP contribution in [0.15, 0.2) is 49.6 Å². The summed E-state index contributed by atoms with van der Waals surface area (Å²) in [6, 6.07) is 5.78. The summed E-state index contributed by atoms with van der Waals surface area (Å²) < 4.78 is 8.30. The van der Waals surface area contributed by atoms with Crippen molar-refractivity contribution in [1.82, 2.24) is 29.7 Å². The molecular weight excluding hydrogens is 500 g/mol. The van der Waals surface area contributed by atoms with E-state index in [0.29, 0.717) is 24.9 Å². The Morgan fingerprint density at radius 1 is 1.23 bits per heavy atom. The third kappa shape index (κ3) is 3.98. The summed E-state index contributed by atoms with van der Waals surface area (Å²) in [7, 11) is 1.68. The largest absolute Gasteiger partial charge is 0.394 e. The second-order valence-electron chi connectivity index (χ2n) is 11.1. The third-order valence-electron chi connectivity index (χ3n) is 8.62. The summed E-state index contributed by atoms with van der Waals surface area (Å²) in [5.41, 5.74) is -0.610. The number of nitrogens with zero attached hydrogens (tertiary/aromatic N) is 6. The van der Waals surface area contributed by atoms with Gasteiger partial charge in [0.1, 0.15) is 23.8 Å². The van der Waals surface area contributed by atoms with E-state index < -0.39 is 35.1 Å². The molecule has 4 heterocycles. The van der Waals surface area contributed by atoms with Gasteiger partial charge in [-0.05, 0) is 38.8 Å². The van der Waals surface area contributed by atoms with Crippen LogP contribution in [0.4, 0.5) is 0 Å². The highest BCUT2D eigenvalue weighted by Crippen LogP contribution is 2.63. The van der Waals surface area contributed by atoms with Crippen molar-refractivity contribution >= 4 is 28.8 Å². The van der Waals surface area contributed by atoms with E-state index in [-0.39, 0.29) is 37.5 Å². The van der Waals surface area contributed by atoms with Crippen molar-refractivity contribution in [3.8, 4) is 0 Å². The maximum atomic E-state index is 14.5. The van der Waals surface area contributed by atoms with Gasteiger partial charge in [0.25, 0.3) is 0 Å². The van der Waals surface area contributed by atoms with E-state index in [9.17, 15) is 19.5 Å². The summed E-state index contributed by atoms with van der Waals surface area (Å²) in [5.74, 6) is -2.48. The van der Waals surface area contributed by atoms with Crippen molar-refractivity contribution in [1.29, 1.82) is 0 Å². The van der Waals surface area contributed by atoms with Crippen molar-refractivity contribution in [2.24, 2.45) is 11.8 Å². The zero-order valence-corrected chi connectivity index (χ0v) is 22.7. The molecule has 0 aliphatic carbocycles. The molecular formula is C28H36N6O5. The van der Waals surface area contributed by atoms with Crippen molar-refractivity contribution < 1.29 is 24.2 Å². The standard InChI is InChI=1S/C28H36N6O5/c1-6-14-31(5)24(36)21-22-25(37)34(18(3)16-35)23(28(22)13-12-27(21,4)39-28)26(38)32(15-7-2)17-33-20-11-9-8-10-19(20)29-30-33/h6-11,18,21-23,35H,1-2,12-17H2,3-5H3/t18-,21-,22+,23?,27+,28?/m1/s1. The van der Waals surface area contributed by atoms with Crippen molar-refractivity contribution in [3.05, 3.63) is 49.6 Å². The molecule has 1 spiro atoms. The lowest BCUT2D eigenvalue weighted by molar-refractivity contribution is -0.156. The van der Waals surface area contributed by atoms with Crippen LogP contribution >= 0.6 is 0 Å². The quantitative estimate of drug-likeness (QED) is 0.453. The molecule has 2 unspecified atom stereocenters. The Balaban J connectivity index is 1.56. The van der Waals surface area contributed by atoms with Gasteiger partial charge < -0.3 is 24.5 Å². The molecule has 5 rings (SSSR count). The molecule has 3 amide bonds. The minimum Gasteiger partial charge on any atom is -0.394 e. The van der Waals surface area contributed by atoms with E-state index in [0.717, 1.165) is 5.52 Å². The average molecular weight is 537 g/mol. The molecule has 1 aromatic heterocycles. The Morgan fingerprint density at radius 3 is 2.64 bits per heavy atom. The van der Waals surface area contributed by atoms with Gasteiger partial charge in [-0.2, -0.15) is 0 Å². The van der Waals surface area contributed by atoms with Crippen molar-refractivity contribution in [2.45, 2.75) is 56.6 Å². The number of aliphatic hydroxyl groups is 1. The smallest absolute Gasteiger partial charge is 0.250 e. The molecule has 6 atom stereocenters. The number of fused-ring (bicyclic) bond motifs is 2. The number of benzene rings is 1. The fraction of sp³-hybridized carbons (Fsp3) is 0.536. The summed E-state index contributed by atoms with van der Waals surface area (Å²) in [6.45, 7) is 11.4. The monoisotopic (exact) mass is 536 g/mol. The lowest BCUT2D eigenvalue weighted by atomic mass is 9.66. The van der Waals surface area contributed by atoms with Gasteiger partial charge in [-0.15, -0.1) is 18.3 Å². The molecule has 2 aromatic rings. The second kappa shape index (κ2) is 9.87. The molecule has 1 N–H and O–H groups in total. The normalized spacial score (nSPS) is 29.9. The van der Waals surface area contributed by atoms with Gasteiger partial charge in [-0.1, -0.05) is 29.5 Å². The number of hydrogen-bond acceptors (Lipinski definition) is 7. The third-order valence-corrected chi connectivity index (χ3v) is 8.62. The molecule has 3 fully saturated rings. The van der Waals surface area contributed by atoms with E-state index in [2.05, 4.69) is 23.5 Å². The minimum absolute atomic E-state index is 0.0832. The average Bonchev–Trinajstić information content (AvgIpc) is 3.63. The molecule has 3 aliphatic rings. The maximum Gasteiger partial charge on any atom is 0.250 e. The van der Waals surface area contributed by atoms with Gasteiger partial charge >= 0.3 is 0 Å². The first kappa shape index (κ1) is 27.0. The van der Waals surface area contributed by atoms with Gasteiger partial charge in [-0.25, -0.2) is 4.68 Å². The highest BCUT2D eigenvalue weighted by Gasteiger charge is 2.78. The topological polar surface area (TPSA) is 121 Å². The predicted octanol–water partition coefficient (Wildman–Crippen LogP) is 1.19. The molecule has 3 aliphatic heterocycles. The van der Waals surface area contributed by atoms with Gasteiger partial charge in [0.15, 0.2) is 0 Å². The number of para-hydroxylation sites is 1. The second-order valence-corrected chi connectivity index (χ2v) is 11.1. The van der Waals surface area contributed by atoms with E-state index >= 15 is 0 Å². The molecule has 1 aromatic carbocycles. The fourth-order valence-electron chi connectivity index (χ4n) is 6.83. The van der Waals surface area contributed by atoms with E-state index in [1.807, 2.05) is 31.2 Å². The van der Waals surface area contributed by atoms with Gasteiger partial charge in [-0.3, -0.25) is 14.4 Å². The molecule has 0 radical (unpaired) electrons. The fourth-order valence-corrected chi connectivity index (χ4v) is 6.83. The number of carbonyl (C=O) groups excluding carboxylic acids is 3. The summed E-state index contributed by atoms with van der Waals surface area (Å²) in [6.07, 6.45) is 4.24. The number of aromatic nitrogens is 3. The van der Waals surface area contributed by atoms with E-state index in [1.165, 1.54) is 4.90 Å². The highest BCUT2D eigenvalue weighted by atomic mass is 16.5. The Morgan fingerprint density at radius 2 is 1.95 bits per heavy atom. The van der Waals surface area contributed by atoms with E-state index in [4.69, 9.17) is 4.74 Å². The van der Waals surface area contributed by atoms with Crippen LogP contribution in [0.1, 0.15) is 26.7 Å². The van der Waals surface area contributed by atoms with Crippen LogP contribution in [-0.2, 0) is 25.8 Å². The SMILES string of the molecule is C=CCN(C)C(=O)[C@H]1[C@H]2C(=O)N([C@H](C)CO)C(C(=O)N(CC=C)Cn3nnc4ccccc43)C23CC[C@]1(C)O3. The summed E-state index contributed by atoms with van der Waals surface area (Å²) in [5, 5.41) is 18.5. The number of ether oxygens (including phenoxy) is 1. The zero-order chi connectivity index (χ0) is 28.1. The van der Waals surface area contributed by atoms with Crippen molar-refractivity contribution in [2.75, 3.05) is 26.7 Å². The van der Waals surface area contributed by atoms with E-state index in [1.54, 1.807) is 40.6 Å². The van der Waals surface area contributed by atoms with Crippen LogP contribution in [0.3, 0.4) is 0 Å². The number of carbonyl (C=O) groups is 3. The Kier molecular flexibility index (Phi) is 6.84. The van der Waals surface area contributed by atoms with Crippen LogP contribution in [0.25, 0.3) is 11.0 Å². The van der Waals surface area contributed by atoms with Crippen LogP contribution in [0.5, 0.6) is 0 Å². The van der Waals surface area contributed by atoms with Gasteiger partial charge in [0.05, 0.1) is 35.6 Å². The van der Waals surface area contributed by atoms with Crippen LogP contribution in [0, 0.1) is 11.8 Å². The molecule has 208 valence electrons. The Labute approximate surface area is 227 Å². The summed E-state index contributed by atoms with van der Waals surface area (Å²) >= 11 is 0. The number of rotatable bonds is 10.